The average Bonchev–Trinajstić information content (AvgIpc) is 2.82. The number of phenolic OH excluding ortho intramolecular Hbond substituents is 1. The molecule has 0 aliphatic rings. The van der Waals surface area contributed by atoms with Crippen molar-refractivity contribution in [3.8, 4) is 11.4 Å². The van der Waals surface area contributed by atoms with Crippen LogP contribution in [0.4, 0.5) is 11.4 Å². The number of halogens is 1. The largest absolute Gasteiger partial charge is 0.768 e. The molecule has 0 saturated heterocycles. The zero-order valence-electron chi connectivity index (χ0n) is 13.9. The number of nitrogens with one attached hydrogen (secondary N) is 1. The summed E-state index contributed by atoms with van der Waals surface area (Å²) < 4.78 is 25.7. The van der Waals surface area contributed by atoms with Crippen molar-refractivity contribution in [2.75, 3.05) is 5.32 Å². The molecule has 1 unspecified atom stereocenters. The molecule has 1 atom stereocenters. The lowest BCUT2D eigenvalue weighted by molar-refractivity contribution is 0.455. The molecule has 3 rings (SSSR count). The summed E-state index contributed by atoms with van der Waals surface area (Å²) >= 11 is 3.22. The van der Waals surface area contributed by atoms with Gasteiger partial charge in [-0.2, -0.15) is 0 Å². The number of aromatic nitrogens is 2. The van der Waals surface area contributed by atoms with Crippen molar-refractivity contribution in [1.29, 1.82) is 0 Å². The number of hydrogen-bond donors (Lipinski definition) is 2. The summed E-state index contributed by atoms with van der Waals surface area (Å²) in [5.74, 6) is -0.531. The minimum Gasteiger partial charge on any atom is -0.768 e. The van der Waals surface area contributed by atoms with E-state index in [1.54, 1.807) is 30.8 Å². The topological polar surface area (TPSA) is 99.3 Å². The van der Waals surface area contributed by atoms with E-state index in [0.717, 1.165) is 0 Å². The monoisotopic (exact) mass is 392 g/mol. The van der Waals surface area contributed by atoms with Crippen LogP contribution in [0.15, 0.2) is 52.2 Å². The SMILES string of the molecule is Cc1c(Nc2cc(Cl)c(O)c(S(=O)[O-])c2)c(=O)n(-c2ccccc2)n1C. The number of rotatable bonds is 4. The summed E-state index contributed by atoms with van der Waals surface area (Å²) in [6.07, 6.45) is 0. The van der Waals surface area contributed by atoms with Gasteiger partial charge < -0.3 is 15.0 Å². The molecule has 0 aliphatic heterocycles. The molecular formula is C17H15ClN3O4S-. The number of phenols is 1. The van der Waals surface area contributed by atoms with Crippen LogP contribution in [-0.4, -0.2) is 23.2 Å². The summed E-state index contributed by atoms with van der Waals surface area (Å²) in [5.41, 5.74) is 1.60. The molecular weight excluding hydrogens is 378 g/mol. The number of para-hydroxylation sites is 1. The average molecular weight is 393 g/mol. The third-order valence-electron chi connectivity index (χ3n) is 4.03. The Kier molecular flexibility index (Phi) is 4.90. The van der Waals surface area contributed by atoms with Crippen molar-refractivity contribution in [1.82, 2.24) is 9.36 Å². The highest BCUT2D eigenvalue weighted by atomic mass is 35.5. The van der Waals surface area contributed by atoms with E-state index in [9.17, 15) is 18.7 Å². The highest BCUT2D eigenvalue weighted by molar-refractivity contribution is 7.79. The predicted octanol–water partition coefficient (Wildman–Crippen LogP) is 2.83. The van der Waals surface area contributed by atoms with Gasteiger partial charge >= 0.3 is 0 Å². The number of hydrogen-bond acceptors (Lipinski definition) is 5. The Labute approximate surface area is 156 Å². The van der Waals surface area contributed by atoms with Gasteiger partial charge in [-0.05, 0) is 42.3 Å². The first-order chi connectivity index (χ1) is 12.3. The highest BCUT2D eigenvalue weighted by Crippen LogP contribution is 2.34. The number of aromatic hydroxyl groups is 1. The van der Waals surface area contributed by atoms with E-state index in [1.165, 1.54) is 16.8 Å². The fourth-order valence-electron chi connectivity index (χ4n) is 2.63. The van der Waals surface area contributed by atoms with Crippen molar-refractivity contribution in [3.05, 3.63) is 63.5 Å². The first-order valence-corrected chi connectivity index (χ1v) is 8.99. The normalized spacial score (nSPS) is 12.2. The summed E-state index contributed by atoms with van der Waals surface area (Å²) in [4.78, 5) is 12.5. The van der Waals surface area contributed by atoms with Gasteiger partial charge in [0.25, 0.3) is 5.56 Å². The van der Waals surface area contributed by atoms with Crippen LogP contribution in [0.1, 0.15) is 5.69 Å². The van der Waals surface area contributed by atoms with Gasteiger partial charge in [0.1, 0.15) is 11.4 Å². The van der Waals surface area contributed by atoms with E-state index in [1.807, 2.05) is 18.2 Å². The van der Waals surface area contributed by atoms with E-state index in [2.05, 4.69) is 5.32 Å². The van der Waals surface area contributed by atoms with Crippen LogP contribution in [0.25, 0.3) is 5.69 Å². The molecule has 2 aromatic carbocycles. The van der Waals surface area contributed by atoms with Crippen molar-refractivity contribution in [3.63, 3.8) is 0 Å². The molecule has 1 aromatic heterocycles. The molecule has 9 heteroatoms. The number of anilines is 2. The number of nitrogens with zero attached hydrogens (tertiary/aromatic N) is 2. The van der Waals surface area contributed by atoms with E-state index < -0.39 is 16.8 Å². The molecule has 0 aliphatic carbocycles. The fourth-order valence-corrected chi connectivity index (χ4v) is 3.40. The summed E-state index contributed by atoms with van der Waals surface area (Å²) in [7, 11) is 1.75. The molecule has 1 heterocycles. The Hall–Kier alpha value is -2.55. The zero-order valence-corrected chi connectivity index (χ0v) is 15.5. The summed E-state index contributed by atoms with van der Waals surface area (Å²) in [6, 6.07) is 11.7. The lowest BCUT2D eigenvalue weighted by Crippen LogP contribution is -2.20. The maximum atomic E-state index is 12.9. The second-order valence-electron chi connectivity index (χ2n) is 5.60. The molecule has 0 spiro atoms. The lowest BCUT2D eigenvalue weighted by atomic mass is 10.2. The first kappa shape index (κ1) is 18.2. The molecule has 7 nitrogen and oxygen atoms in total. The van der Waals surface area contributed by atoms with Crippen LogP contribution in [0, 0.1) is 6.92 Å². The van der Waals surface area contributed by atoms with Crippen molar-refractivity contribution < 1.29 is 13.9 Å². The van der Waals surface area contributed by atoms with Gasteiger partial charge in [-0.3, -0.25) is 13.7 Å². The smallest absolute Gasteiger partial charge is 0.295 e. The summed E-state index contributed by atoms with van der Waals surface area (Å²) in [5, 5.41) is 12.5. The molecule has 26 heavy (non-hydrogen) atoms. The van der Waals surface area contributed by atoms with Crippen LogP contribution >= 0.6 is 11.6 Å². The minimum atomic E-state index is -2.67. The molecule has 0 saturated carbocycles. The second-order valence-corrected chi connectivity index (χ2v) is 6.92. The third kappa shape index (κ3) is 3.14. The van der Waals surface area contributed by atoms with Gasteiger partial charge in [-0.25, -0.2) is 4.68 Å². The predicted molar refractivity (Wildman–Crippen MR) is 99.3 cm³/mol. The van der Waals surface area contributed by atoms with Crippen LogP contribution in [0.3, 0.4) is 0 Å². The van der Waals surface area contributed by atoms with Crippen LogP contribution in [0.2, 0.25) is 5.02 Å². The lowest BCUT2D eigenvalue weighted by Gasteiger charge is -2.12. The maximum absolute atomic E-state index is 12.9. The van der Waals surface area contributed by atoms with E-state index in [-0.39, 0.29) is 26.9 Å². The Morgan fingerprint density at radius 2 is 1.88 bits per heavy atom. The minimum absolute atomic E-state index is 0.133. The van der Waals surface area contributed by atoms with E-state index in [0.29, 0.717) is 11.4 Å². The molecule has 0 bridgehead atoms. The first-order valence-electron chi connectivity index (χ1n) is 7.54. The van der Waals surface area contributed by atoms with Gasteiger partial charge in [0, 0.05) is 12.7 Å². The zero-order chi connectivity index (χ0) is 19.0. The van der Waals surface area contributed by atoms with E-state index in [4.69, 9.17) is 11.6 Å². The Morgan fingerprint density at radius 3 is 2.50 bits per heavy atom. The van der Waals surface area contributed by atoms with Crippen molar-refractivity contribution in [2.24, 2.45) is 7.05 Å². The molecule has 0 radical (unpaired) electrons. The maximum Gasteiger partial charge on any atom is 0.295 e. The van der Waals surface area contributed by atoms with Gasteiger partial charge in [-0.15, -0.1) is 0 Å². The Morgan fingerprint density at radius 1 is 1.23 bits per heavy atom. The van der Waals surface area contributed by atoms with Crippen LogP contribution in [-0.2, 0) is 18.1 Å². The third-order valence-corrected chi connectivity index (χ3v) is 4.99. The second kappa shape index (κ2) is 6.99. The highest BCUT2D eigenvalue weighted by Gasteiger charge is 2.17. The van der Waals surface area contributed by atoms with Crippen LogP contribution < -0.4 is 10.9 Å². The van der Waals surface area contributed by atoms with Crippen LogP contribution in [0.5, 0.6) is 5.75 Å². The Balaban J connectivity index is 2.10. The molecule has 3 aromatic rings. The standard InChI is InChI=1S/C17H16ClN3O4S/c1-10-15(17(23)21(20(10)2)12-6-4-3-5-7-12)19-11-8-13(18)16(22)14(9-11)26(24)25/h3-9,19,22H,1-2H3,(H,24,25)/p-1. The molecule has 0 amide bonds. The van der Waals surface area contributed by atoms with Crippen molar-refractivity contribution in [2.45, 2.75) is 11.8 Å². The van der Waals surface area contributed by atoms with Gasteiger partial charge in [-0.1, -0.05) is 29.8 Å². The summed E-state index contributed by atoms with van der Waals surface area (Å²) in [6.45, 7) is 1.76. The van der Waals surface area contributed by atoms with Gasteiger partial charge in [0.05, 0.1) is 21.3 Å². The van der Waals surface area contributed by atoms with Crippen molar-refractivity contribution >= 4 is 34.1 Å². The molecule has 136 valence electrons. The quantitative estimate of drug-likeness (QED) is 0.525. The molecule has 0 fully saturated rings. The van der Waals surface area contributed by atoms with E-state index >= 15 is 0 Å². The number of benzene rings is 2. The Bertz CT molecular complexity index is 1060. The van der Waals surface area contributed by atoms with Gasteiger partial charge in [0.15, 0.2) is 0 Å². The van der Waals surface area contributed by atoms with Gasteiger partial charge in [0.2, 0.25) is 0 Å². The fraction of sp³-hybridized carbons (Fsp3) is 0.118. The molecule has 2 N–H and O–H groups in total.